The number of likely N-dealkylation sites (tertiary alicyclic amines) is 1. The molecule has 1 aliphatic rings. The Kier molecular flexibility index (Phi) is 4.31. The summed E-state index contributed by atoms with van der Waals surface area (Å²) in [6.07, 6.45) is 4.23. The van der Waals surface area contributed by atoms with Crippen molar-refractivity contribution in [1.29, 1.82) is 0 Å². The van der Waals surface area contributed by atoms with Crippen LogP contribution in [0.2, 0.25) is 0 Å². The molecule has 16 heavy (non-hydrogen) atoms. The Balaban J connectivity index is 1.59. The number of aromatic nitrogens is 1. The lowest BCUT2D eigenvalue weighted by Gasteiger charge is -2.11. The fourth-order valence-corrected chi connectivity index (χ4v) is 2.26. The molecule has 2 rings (SSSR count). The SMILES string of the molecule is CN1CCC(CNCCc2ccccn2)C1. The third kappa shape index (κ3) is 3.58. The molecular formula is C13H21N3. The van der Waals surface area contributed by atoms with E-state index in [1.165, 1.54) is 25.2 Å². The molecule has 1 atom stereocenters. The Hall–Kier alpha value is -0.930. The lowest BCUT2D eigenvalue weighted by molar-refractivity contribution is 0.388. The van der Waals surface area contributed by atoms with Gasteiger partial charge in [0, 0.05) is 31.4 Å². The number of pyridine rings is 1. The summed E-state index contributed by atoms with van der Waals surface area (Å²) >= 11 is 0. The second kappa shape index (κ2) is 5.97. The Morgan fingerprint density at radius 3 is 3.12 bits per heavy atom. The van der Waals surface area contributed by atoms with Crippen molar-refractivity contribution >= 4 is 0 Å². The molecule has 0 bridgehead atoms. The van der Waals surface area contributed by atoms with E-state index in [4.69, 9.17) is 0 Å². The van der Waals surface area contributed by atoms with Crippen LogP contribution in [0.3, 0.4) is 0 Å². The summed E-state index contributed by atoms with van der Waals surface area (Å²) in [5, 5.41) is 3.53. The molecule has 0 saturated carbocycles. The molecule has 1 aromatic rings. The molecule has 0 aliphatic carbocycles. The van der Waals surface area contributed by atoms with E-state index in [2.05, 4.69) is 28.3 Å². The highest BCUT2D eigenvalue weighted by Crippen LogP contribution is 2.12. The van der Waals surface area contributed by atoms with E-state index in [9.17, 15) is 0 Å². The molecule has 1 fully saturated rings. The third-order valence-corrected chi connectivity index (χ3v) is 3.21. The molecule has 1 aromatic heterocycles. The Morgan fingerprint density at radius 1 is 1.50 bits per heavy atom. The lowest BCUT2D eigenvalue weighted by Crippen LogP contribution is -2.26. The molecule has 88 valence electrons. The second-order valence-electron chi connectivity index (χ2n) is 4.69. The van der Waals surface area contributed by atoms with Crippen LogP contribution < -0.4 is 5.32 Å². The molecule has 3 nitrogen and oxygen atoms in total. The predicted molar refractivity (Wildman–Crippen MR) is 66.4 cm³/mol. The molecule has 3 heteroatoms. The first kappa shape index (κ1) is 11.6. The van der Waals surface area contributed by atoms with Gasteiger partial charge < -0.3 is 10.2 Å². The first-order chi connectivity index (χ1) is 7.84. The maximum Gasteiger partial charge on any atom is 0.0416 e. The molecule has 0 spiro atoms. The van der Waals surface area contributed by atoms with Crippen molar-refractivity contribution in [2.24, 2.45) is 5.92 Å². The Labute approximate surface area is 97.9 Å². The van der Waals surface area contributed by atoms with Gasteiger partial charge in [0.05, 0.1) is 0 Å². The molecular weight excluding hydrogens is 198 g/mol. The highest BCUT2D eigenvalue weighted by atomic mass is 15.1. The smallest absolute Gasteiger partial charge is 0.0416 e. The highest BCUT2D eigenvalue weighted by molar-refractivity contribution is 5.03. The third-order valence-electron chi connectivity index (χ3n) is 3.21. The summed E-state index contributed by atoms with van der Waals surface area (Å²) in [7, 11) is 2.20. The van der Waals surface area contributed by atoms with Gasteiger partial charge >= 0.3 is 0 Å². The van der Waals surface area contributed by atoms with Gasteiger partial charge in [-0.25, -0.2) is 0 Å². The van der Waals surface area contributed by atoms with Crippen LogP contribution in [0.1, 0.15) is 12.1 Å². The number of nitrogens with zero attached hydrogens (tertiary/aromatic N) is 2. The molecule has 1 N–H and O–H groups in total. The summed E-state index contributed by atoms with van der Waals surface area (Å²) in [4.78, 5) is 6.72. The molecule has 0 aromatic carbocycles. The topological polar surface area (TPSA) is 28.2 Å². The molecule has 1 saturated heterocycles. The average molecular weight is 219 g/mol. The van der Waals surface area contributed by atoms with E-state index in [0.29, 0.717) is 0 Å². The van der Waals surface area contributed by atoms with Crippen molar-refractivity contribution in [1.82, 2.24) is 15.2 Å². The van der Waals surface area contributed by atoms with E-state index in [1.54, 1.807) is 0 Å². The van der Waals surface area contributed by atoms with Gasteiger partial charge in [-0.2, -0.15) is 0 Å². The number of rotatable bonds is 5. The van der Waals surface area contributed by atoms with Crippen LogP contribution in [0, 0.1) is 5.92 Å². The summed E-state index contributed by atoms with van der Waals surface area (Å²) in [5.74, 6) is 0.841. The van der Waals surface area contributed by atoms with Gasteiger partial charge in [0.1, 0.15) is 0 Å². The number of nitrogens with one attached hydrogen (secondary N) is 1. The lowest BCUT2D eigenvalue weighted by atomic mass is 10.1. The highest BCUT2D eigenvalue weighted by Gasteiger charge is 2.18. The van der Waals surface area contributed by atoms with Gasteiger partial charge in [-0.05, 0) is 44.6 Å². The minimum Gasteiger partial charge on any atom is -0.316 e. The van der Waals surface area contributed by atoms with Gasteiger partial charge in [-0.1, -0.05) is 6.07 Å². The quantitative estimate of drug-likeness (QED) is 0.753. The second-order valence-corrected chi connectivity index (χ2v) is 4.69. The van der Waals surface area contributed by atoms with Gasteiger partial charge in [-0.3, -0.25) is 4.98 Å². The largest absolute Gasteiger partial charge is 0.316 e. The molecule has 2 heterocycles. The van der Waals surface area contributed by atoms with Gasteiger partial charge in [-0.15, -0.1) is 0 Å². The Morgan fingerprint density at radius 2 is 2.44 bits per heavy atom. The summed E-state index contributed by atoms with van der Waals surface area (Å²) in [6.45, 7) is 4.69. The predicted octanol–water partition coefficient (Wildman–Crippen LogP) is 1.17. The van der Waals surface area contributed by atoms with Crippen LogP contribution in [0.4, 0.5) is 0 Å². The maximum atomic E-state index is 4.31. The van der Waals surface area contributed by atoms with Gasteiger partial charge in [0.15, 0.2) is 0 Å². The van der Waals surface area contributed by atoms with Crippen molar-refractivity contribution in [2.45, 2.75) is 12.8 Å². The standard InChI is InChI=1S/C13H21N3/c1-16-9-6-12(11-16)10-14-8-5-13-4-2-3-7-15-13/h2-4,7,12,14H,5-6,8-11H2,1H3. The fourth-order valence-electron chi connectivity index (χ4n) is 2.26. The molecule has 0 radical (unpaired) electrons. The summed E-state index contributed by atoms with van der Waals surface area (Å²) in [5.41, 5.74) is 1.18. The van der Waals surface area contributed by atoms with E-state index >= 15 is 0 Å². The van der Waals surface area contributed by atoms with Crippen molar-refractivity contribution in [3.63, 3.8) is 0 Å². The zero-order chi connectivity index (χ0) is 11.2. The van der Waals surface area contributed by atoms with Crippen LogP contribution in [0.5, 0.6) is 0 Å². The summed E-state index contributed by atoms with van der Waals surface area (Å²) < 4.78 is 0. The fraction of sp³-hybridized carbons (Fsp3) is 0.615. The first-order valence-corrected chi connectivity index (χ1v) is 6.14. The Bertz CT molecular complexity index is 299. The van der Waals surface area contributed by atoms with Crippen molar-refractivity contribution in [3.8, 4) is 0 Å². The van der Waals surface area contributed by atoms with Crippen LogP contribution in [-0.4, -0.2) is 43.1 Å². The first-order valence-electron chi connectivity index (χ1n) is 6.14. The maximum absolute atomic E-state index is 4.31. The van der Waals surface area contributed by atoms with Crippen molar-refractivity contribution in [2.75, 3.05) is 33.2 Å². The monoisotopic (exact) mass is 219 g/mol. The summed E-state index contributed by atoms with van der Waals surface area (Å²) in [6, 6.07) is 6.10. The zero-order valence-electron chi connectivity index (χ0n) is 10.0. The van der Waals surface area contributed by atoms with Crippen LogP contribution in [0.25, 0.3) is 0 Å². The van der Waals surface area contributed by atoms with Crippen LogP contribution in [0.15, 0.2) is 24.4 Å². The molecule has 1 aliphatic heterocycles. The van der Waals surface area contributed by atoms with E-state index < -0.39 is 0 Å². The van der Waals surface area contributed by atoms with Gasteiger partial charge in [0.25, 0.3) is 0 Å². The van der Waals surface area contributed by atoms with Crippen molar-refractivity contribution < 1.29 is 0 Å². The number of hydrogen-bond donors (Lipinski definition) is 1. The molecule has 1 unspecified atom stereocenters. The minimum atomic E-state index is 0.841. The average Bonchev–Trinajstić information content (AvgIpc) is 2.72. The van der Waals surface area contributed by atoms with Gasteiger partial charge in [0.2, 0.25) is 0 Å². The number of hydrogen-bond acceptors (Lipinski definition) is 3. The van der Waals surface area contributed by atoms with Crippen molar-refractivity contribution in [3.05, 3.63) is 30.1 Å². The van der Waals surface area contributed by atoms with Crippen LogP contribution >= 0.6 is 0 Å². The molecule has 0 amide bonds. The zero-order valence-corrected chi connectivity index (χ0v) is 10.0. The van der Waals surface area contributed by atoms with E-state index in [0.717, 1.165) is 25.4 Å². The van der Waals surface area contributed by atoms with Crippen LogP contribution in [-0.2, 0) is 6.42 Å². The minimum absolute atomic E-state index is 0.841. The normalized spacial score (nSPS) is 21.4. The van der Waals surface area contributed by atoms with E-state index in [1.807, 2.05) is 18.3 Å². The van der Waals surface area contributed by atoms with E-state index in [-0.39, 0.29) is 0 Å².